The van der Waals surface area contributed by atoms with Gasteiger partial charge in [-0.2, -0.15) is 0 Å². The molecule has 1 saturated heterocycles. The highest BCUT2D eigenvalue weighted by Gasteiger charge is 2.26. The lowest BCUT2D eigenvalue weighted by atomic mass is 9.95. The SMILES string of the molecule is COCCCNC(=O)C1CCN(C(=O)CCCOCCc2ccccc2)CC1. The van der Waals surface area contributed by atoms with Crippen LogP contribution < -0.4 is 5.32 Å². The van der Waals surface area contributed by atoms with E-state index >= 15 is 0 Å². The highest BCUT2D eigenvalue weighted by Crippen LogP contribution is 2.18. The topological polar surface area (TPSA) is 67.9 Å². The molecule has 156 valence electrons. The van der Waals surface area contributed by atoms with Crippen LogP contribution in [-0.2, 0) is 25.5 Å². The first-order valence-electron chi connectivity index (χ1n) is 10.4. The zero-order valence-electron chi connectivity index (χ0n) is 17.0. The number of piperidine rings is 1. The van der Waals surface area contributed by atoms with Crippen LogP contribution in [0, 0.1) is 5.92 Å². The fourth-order valence-corrected chi connectivity index (χ4v) is 3.38. The van der Waals surface area contributed by atoms with Crippen LogP contribution in [0.3, 0.4) is 0 Å². The first-order chi connectivity index (χ1) is 13.7. The number of amides is 2. The van der Waals surface area contributed by atoms with Gasteiger partial charge in [0.05, 0.1) is 6.61 Å². The maximum absolute atomic E-state index is 12.3. The minimum atomic E-state index is 0.0212. The number of carbonyl (C=O) groups excluding carboxylic acids is 2. The molecule has 0 saturated carbocycles. The number of rotatable bonds is 12. The van der Waals surface area contributed by atoms with E-state index < -0.39 is 0 Å². The molecule has 0 spiro atoms. The third kappa shape index (κ3) is 8.40. The molecule has 2 amide bonds. The molecule has 1 heterocycles. The van der Waals surface area contributed by atoms with Crippen molar-refractivity contribution in [2.45, 2.75) is 38.5 Å². The molecular formula is C22H34N2O4. The van der Waals surface area contributed by atoms with Gasteiger partial charge in [-0.15, -0.1) is 0 Å². The number of hydrogen-bond acceptors (Lipinski definition) is 4. The van der Waals surface area contributed by atoms with Gasteiger partial charge in [0.25, 0.3) is 0 Å². The summed E-state index contributed by atoms with van der Waals surface area (Å²) in [6, 6.07) is 10.3. The van der Waals surface area contributed by atoms with E-state index in [1.807, 2.05) is 23.1 Å². The number of methoxy groups -OCH3 is 1. The van der Waals surface area contributed by atoms with Gasteiger partial charge in [-0.05, 0) is 37.7 Å². The number of benzene rings is 1. The Hall–Kier alpha value is -1.92. The van der Waals surface area contributed by atoms with E-state index in [0.717, 1.165) is 32.1 Å². The standard InChI is InChI=1S/C22H34N2O4/c1-27-16-6-13-23-22(26)20-10-14-24(15-11-20)21(25)9-5-17-28-18-12-19-7-3-2-4-8-19/h2-4,7-8,20H,5-6,9-18H2,1H3,(H,23,26). The van der Waals surface area contributed by atoms with Crippen molar-refractivity contribution in [1.82, 2.24) is 10.2 Å². The number of ether oxygens (including phenoxy) is 2. The minimum absolute atomic E-state index is 0.0212. The number of carbonyl (C=O) groups is 2. The van der Waals surface area contributed by atoms with Gasteiger partial charge in [0.15, 0.2) is 0 Å². The van der Waals surface area contributed by atoms with Gasteiger partial charge < -0.3 is 19.7 Å². The first-order valence-corrected chi connectivity index (χ1v) is 10.4. The van der Waals surface area contributed by atoms with Gasteiger partial charge in [0.2, 0.25) is 11.8 Å². The third-order valence-corrected chi connectivity index (χ3v) is 5.10. The van der Waals surface area contributed by atoms with Crippen LogP contribution in [0.15, 0.2) is 30.3 Å². The molecule has 0 radical (unpaired) electrons. The molecule has 6 nitrogen and oxygen atoms in total. The number of likely N-dealkylation sites (tertiary alicyclic amines) is 1. The second-order valence-electron chi connectivity index (χ2n) is 7.24. The molecule has 1 N–H and O–H groups in total. The average molecular weight is 391 g/mol. The maximum Gasteiger partial charge on any atom is 0.223 e. The monoisotopic (exact) mass is 390 g/mol. The van der Waals surface area contributed by atoms with Gasteiger partial charge in [-0.25, -0.2) is 0 Å². The number of nitrogens with one attached hydrogen (secondary N) is 1. The van der Waals surface area contributed by atoms with Crippen LogP contribution in [0.2, 0.25) is 0 Å². The van der Waals surface area contributed by atoms with Gasteiger partial charge in [-0.1, -0.05) is 30.3 Å². The van der Waals surface area contributed by atoms with E-state index in [4.69, 9.17) is 9.47 Å². The summed E-state index contributed by atoms with van der Waals surface area (Å²) in [5.74, 6) is 0.300. The first kappa shape index (κ1) is 22.4. The van der Waals surface area contributed by atoms with E-state index in [0.29, 0.717) is 45.9 Å². The molecule has 0 aliphatic carbocycles. The van der Waals surface area contributed by atoms with E-state index in [1.54, 1.807) is 7.11 Å². The molecule has 0 bridgehead atoms. The largest absolute Gasteiger partial charge is 0.385 e. The smallest absolute Gasteiger partial charge is 0.223 e. The second-order valence-corrected chi connectivity index (χ2v) is 7.24. The van der Waals surface area contributed by atoms with Gasteiger partial charge in [0.1, 0.15) is 0 Å². The second kappa shape index (κ2) is 13.3. The van der Waals surface area contributed by atoms with Crippen molar-refractivity contribution in [2.75, 3.05) is 46.6 Å². The van der Waals surface area contributed by atoms with E-state index in [-0.39, 0.29) is 17.7 Å². The maximum atomic E-state index is 12.3. The third-order valence-electron chi connectivity index (χ3n) is 5.10. The highest BCUT2D eigenvalue weighted by molar-refractivity contribution is 5.80. The van der Waals surface area contributed by atoms with Crippen molar-refractivity contribution in [3.63, 3.8) is 0 Å². The fourth-order valence-electron chi connectivity index (χ4n) is 3.38. The van der Waals surface area contributed by atoms with Crippen LogP contribution in [0.1, 0.15) is 37.7 Å². The van der Waals surface area contributed by atoms with Crippen LogP contribution in [0.25, 0.3) is 0 Å². The zero-order valence-corrected chi connectivity index (χ0v) is 17.0. The summed E-state index contributed by atoms with van der Waals surface area (Å²) >= 11 is 0. The molecule has 1 fully saturated rings. The predicted octanol–water partition coefficient (Wildman–Crippen LogP) is 2.42. The van der Waals surface area contributed by atoms with Crippen LogP contribution in [0.5, 0.6) is 0 Å². The van der Waals surface area contributed by atoms with Crippen LogP contribution in [0.4, 0.5) is 0 Å². The Bertz CT molecular complexity index is 571. The van der Waals surface area contributed by atoms with Crippen LogP contribution in [-0.4, -0.2) is 63.3 Å². The van der Waals surface area contributed by atoms with Crippen LogP contribution >= 0.6 is 0 Å². The molecule has 6 heteroatoms. The summed E-state index contributed by atoms with van der Waals surface area (Å²) in [5, 5.41) is 2.96. The average Bonchev–Trinajstić information content (AvgIpc) is 2.74. The lowest BCUT2D eigenvalue weighted by molar-refractivity contribution is -0.135. The summed E-state index contributed by atoms with van der Waals surface area (Å²) in [5.41, 5.74) is 1.27. The molecule has 1 aromatic carbocycles. The Balaban J connectivity index is 1.51. The van der Waals surface area contributed by atoms with Gasteiger partial charge in [0, 0.05) is 52.3 Å². The summed E-state index contributed by atoms with van der Waals surface area (Å²) < 4.78 is 10.6. The molecule has 1 aliphatic heterocycles. The Labute approximate surface area is 168 Å². The van der Waals surface area contributed by atoms with E-state index in [9.17, 15) is 9.59 Å². The van der Waals surface area contributed by atoms with E-state index in [2.05, 4.69) is 17.4 Å². The normalized spacial score (nSPS) is 14.8. The Kier molecular flexibility index (Phi) is 10.6. The fraction of sp³-hybridized carbons (Fsp3) is 0.636. The number of hydrogen-bond donors (Lipinski definition) is 1. The molecular weight excluding hydrogens is 356 g/mol. The van der Waals surface area contributed by atoms with Crippen molar-refractivity contribution < 1.29 is 19.1 Å². The molecule has 28 heavy (non-hydrogen) atoms. The lowest BCUT2D eigenvalue weighted by Gasteiger charge is -2.31. The van der Waals surface area contributed by atoms with Crippen molar-refractivity contribution in [1.29, 1.82) is 0 Å². The molecule has 0 atom stereocenters. The molecule has 2 rings (SSSR count). The molecule has 1 aromatic rings. The Morgan fingerprint density at radius 1 is 1.07 bits per heavy atom. The Morgan fingerprint density at radius 2 is 1.82 bits per heavy atom. The molecule has 0 aromatic heterocycles. The predicted molar refractivity (Wildman–Crippen MR) is 109 cm³/mol. The van der Waals surface area contributed by atoms with Gasteiger partial charge in [-0.3, -0.25) is 9.59 Å². The van der Waals surface area contributed by atoms with Crippen molar-refractivity contribution in [2.24, 2.45) is 5.92 Å². The van der Waals surface area contributed by atoms with E-state index in [1.165, 1.54) is 5.56 Å². The Morgan fingerprint density at radius 3 is 2.54 bits per heavy atom. The zero-order chi connectivity index (χ0) is 20.0. The molecule has 1 aliphatic rings. The highest BCUT2D eigenvalue weighted by atomic mass is 16.5. The summed E-state index contributed by atoms with van der Waals surface area (Å²) in [6.07, 6.45) is 4.47. The van der Waals surface area contributed by atoms with Crippen molar-refractivity contribution in [3.05, 3.63) is 35.9 Å². The lowest BCUT2D eigenvalue weighted by Crippen LogP contribution is -2.43. The summed E-state index contributed by atoms with van der Waals surface area (Å²) in [7, 11) is 1.66. The molecule has 0 unspecified atom stereocenters. The quantitative estimate of drug-likeness (QED) is 0.557. The van der Waals surface area contributed by atoms with Crippen molar-refractivity contribution in [3.8, 4) is 0 Å². The van der Waals surface area contributed by atoms with Gasteiger partial charge >= 0.3 is 0 Å². The summed E-state index contributed by atoms with van der Waals surface area (Å²) in [6.45, 7) is 3.94. The summed E-state index contributed by atoms with van der Waals surface area (Å²) in [4.78, 5) is 26.4. The van der Waals surface area contributed by atoms with Crippen molar-refractivity contribution >= 4 is 11.8 Å². The minimum Gasteiger partial charge on any atom is -0.385 e. The number of nitrogens with zero attached hydrogens (tertiary/aromatic N) is 1.